The van der Waals surface area contributed by atoms with Crippen LogP contribution < -0.4 is 14.8 Å². The molecule has 0 spiro atoms. The SMILES string of the molecule is CCOC(=O)NCC(C)Oc1ccc(OCC=C(C)C)cc1. The van der Waals surface area contributed by atoms with Gasteiger partial charge < -0.3 is 19.5 Å². The number of benzene rings is 1. The van der Waals surface area contributed by atoms with Crippen molar-refractivity contribution in [1.82, 2.24) is 5.32 Å². The van der Waals surface area contributed by atoms with E-state index in [1.807, 2.05) is 51.1 Å². The molecule has 0 radical (unpaired) electrons. The van der Waals surface area contributed by atoms with Crippen LogP contribution in [0.3, 0.4) is 0 Å². The van der Waals surface area contributed by atoms with Gasteiger partial charge in [0.15, 0.2) is 0 Å². The Morgan fingerprint density at radius 3 is 2.45 bits per heavy atom. The number of hydrogen-bond acceptors (Lipinski definition) is 4. The van der Waals surface area contributed by atoms with E-state index in [1.165, 1.54) is 5.57 Å². The van der Waals surface area contributed by atoms with Gasteiger partial charge in [-0.1, -0.05) is 5.57 Å². The molecule has 5 nitrogen and oxygen atoms in total. The molecule has 1 atom stereocenters. The Kier molecular flexibility index (Phi) is 7.89. The summed E-state index contributed by atoms with van der Waals surface area (Å²) in [5.41, 5.74) is 1.22. The summed E-state index contributed by atoms with van der Waals surface area (Å²) in [6.07, 6.45) is 1.44. The summed E-state index contributed by atoms with van der Waals surface area (Å²) in [5, 5.41) is 2.64. The summed E-state index contributed by atoms with van der Waals surface area (Å²) in [7, 11) is 0. The van der Waals surface area contributed by atoms with Crippen molar-refractivity contribution in [2.24, 2.45) is 0 Å². The molecule has 1 N–H and O–H groups in total. The van der Waals surface area contributed by atoms with E-state index in [-0.39, 0.29) is 6.10 Å². The Morgan fingerprint density at radius 2 is 1.86 bits per heavy atom. The summed E-state index contributed by atoms with van der Waals surface area (Å²) >= 11 is 0. The van der Waals surface area contributed by atoms with E-state index in [9.17, 15) is 4.79 Å². The van der Waals surface area contributed by atoms with Crippen molar-refractivity contribution in [3.63, 3.8) is 0 Å². The van der Waals surface area contributed by atoms with Gasteiger partial charge in [-0.2, -0.15) is 0 Å². The Labute approximate surface area is 132 Å². The quantitative estimate of drug-likeness (QED) is 0.746. The standard InChI is InChI=1S/C17H25NO4/c1-5-20-17(19)18-12-14(4)22-16-8-6-15(7-9-16)21-11-10-13(2)3/h6-10,14H,5,11-12H2,1-4H3,(H,18,19). The summed E-state index contributed by atoms with van der Waals surface area (Å²) in [6.45, 7) is 9.01. The summed E-state index contributed by atoms with van der Waals surface area (Å²) < 4.78 is 16.1. The van der Waals surface area contributed by atoms with Gasteiger partial charge in [0.25, 0.3) is 0 Å². The molecular formula is C17H25NO4. The van der Waals surface area contributed by atoms with E-state index >= 15 is 0 Å². The normalized spacial score (nSPS) is 11.3. The monoisotopic (exact) mass is 307 g/mol. The highest BCUT2D eigenvalue weighted by molar-refractivity contribution is 5.67. The molecule has 5 heteroatoms. The van der Waals surface area contributed by atoms with Gasteiger partial charge in [0.2, 0.25) is 0 Å². The fourth-order valence-corrected chi connectivity index (χ4v) is 1.60. The lowest BCUT2D eigenvalue weighted by atomic mass is 10.3. The maximum absolute atomic E-state index is 11.2. The number of nitrogens with one attached hydrogen (secondary N) is 1. The number of carbonyl (C=O) groups excluding carboxylic acids is 1. The second-order valence-electron chi connectivity index (χ2n) is 5.09. The van der Waals surface area contributed by atoms with Gasteiger partial charge in [0.05, 0.1) is 13.2 Å². The van der Waals surface area contributed by atoms with Crippen LogP contribution in [0.2, 0.25) is 0 Å². The van der Waals surface area contributed by atoms with E-state index in [0.717, 1.165) is 11.5 Å². The van der Waals surface area contributed by atoms with Crippen LogP contribution in [-0.4, -0.2) is 32.0 Å². The summed E-state index contributed by atoms with van der Waals surface area (Å²) in [5.74, 6) is 1.52. The number of amides is 1. The predicted molar refractivity (Wildman–Crippen MR) is 86.5 cm³/mol. The molecule has 0 aliphatic heterocycles. The third-order valence-electron chi connectivity index (χ3n) is 2.71. The van der Waals surface area contributed by atoms with Gasteiger partial charge in [-0.05, 0) is 58.0 Å². The third-order valence-corrected chi connectivity index (χ3v) is 2.71. The van der Waals surface area contributed by atoms with Crippen molar-refractivity contribution >= 4 is 6.09 Å². The molecule has 1 aromatic rings. The highest BCUT2D eigenvalue weighted by atomic mass is 16.5. The first-order valence-electron chi connectivity index (χ1n) is 7.44. The largest absolute Gasteiger partial charge is 0.490 e. The number of rotatable bonds is 8. The molecular weight excluding hydrogens is 282 g/mol. The van der Waals surface area contributed by atoms with Crippen molar-refractivity contribution < 1.29 is 19.0 Å². The van der Waals surface area contributed by atoms with E-state index in [4.69, 9.17) is 14.2 Å². The zero-order valence-corrected chi connectivity index (χ0v) is 13.7. The molecule has 1 amide bonds. The van der Waals surface area contributed by atoms with Crippen LogP contribution in [-0.2, 0) is 4.74 Å². The van der Waals surface area contributed by atoms with Gasteiger partial charge in [-0.25, -0.2) is 4.79 Å². The molecule has 0 aromatic heterocycles. The Morgan fingerprint density at radius 1 is 1.23 bits per heavy atom. The number of alkyl carbamates (subject to hydrolysis) is 1. The Bertz CT molecular complexity index is 478. The first-order valence-corrected chi connectivity index (χ1v) is 7.44. The van der Waals surface area contributed by atoms with Crippen LogP contribution in [0.4, 0.5) is 4.79 Å². The molecule has 22 heavy (non-hydrogen) atoms. The maximum atomic E-state index is 11.2. The van der Waals surface area contributed by atoms with Crippen LogP contribution in [0.15, 0.2) is 35.9 Å². The molecule has 0 bridgehead atoms. The van der Waals surface area contributed by atoms with Crippen molar-refractivity contribution in [2.75, 3.05) is 19.8 Å². The molecule has 1 unspecified atom stereocenters. The maximum Gasteiger partial charge on any atom is 0.407 e. The van der Waals surface area contributed by atoms with Gasteiger partial charge >= 0.3 is 6.09 Å². The first kappa shape index (κ1) is 17.9. The minimum Gasteiger partial charge on any atom is -0.490 e. The molecule has 122 valence electrons. The summed E-state index contributed by atoms with van der Waals surface area (Å²) in [6, 6.07) is 7.41. The third kappa shape index (κ3) is 7.57. The van der Waals surface area contributed by atoms with Gasteiger partial charge in [0, 0.05) is 0 Å². The molecule has 0 heterocycles. The Balaban J connectivity index is 2.36. The average Bonchev–Trinajstić information content (AvgIpc) is 2.47. The van der Waals surface area contributed by atoms with E-state index in [2.05, 4.69) is 5.32 Å². The highest BCUT2D eigenvalue weighted by Crippen LogP contribution is 2.18. The number of allylic oxidation sites excluding steroid dienone is 1. The van der Waals surface area contributed by atoms with Crippen molar-refractivity contribution in [3.05, 3.63) is 35.9 Å². The fourth-order valence-electron chi connectivity index (χ4n) is 1.60. The van der Waals surface area contributed by atoms with Crippen LogP contribution in [0, 0.1) is 0 Å². The molecule has 1 aromatic carbocycles. The zero-order valence-electron chi connectivity index (χ0n) is 13.7. The lowest BCUT2D eigenvalue weighted by Gasteiger charge is -2.15. The Hall–Kier alpha value is -2.17. The van der Waals surface area contributed by atoms with E-state index < -0.39 is 6.09 Å². The van der Waals surface area contributed by atoms with Crippen LogP contribution in [0.1, 0.15) is 27.7 Å². The highest BCUT2D eigenvalue weighted by Gasteiger charge is 2.07. The number of ether oxygens (including phenoxy) is 3. The van der Waals surface area contributed by atoms with Gasteiger partial charge in [-0.3, -0.25) is 0 Å². The van der Waals surface area contributed by atoms with E-state index in [0.29, 0.717) is 19.8 Å². The zero-order chi connectivity index (χ0) is 16.4. The van der Waals surface area contributed by atoms with Crippen LogP contribution >= 0.6 is 0 Å². The molecule has 0 aliphatic carbocycles. The van der Waals surface area contributed by atoms with Crippen molar-refractivity contribution in [1.29, 1.82) is 0 Å². The number of hydrogen-bond donors (Lipinski definition) is 1. The lowest BCUT2D eigenvalue weighted by molar-refractivity contribution is 0.143. The first-order chi connectivity index (χ1) is 10.5. The minimum atomic E-state index is -0.430. The molecule has 0 aliphatic rings. The van der Waals surface area contributed by atoms with Crippen LogP contribution in [0.25, 0.3) is 0 Å². The second-order valence-corrected chi connectivity index (χ2v) is 5.09. The summed E-state index contributed by atoms with van der Waals surface area (Å²) in [4.78, 5) is 11.2. The molecule has 0 saturated carbocycles. The van der Waals surface area contributed by atoms with Gasteiger partial charge in [-0.15, -0.1) is 0 Å². The van der Waals surface area contributed by atoms with E-state index in [1.54, 1.807) is 6.92 Å². The second kappa shape index (κ2) is 9.71. The van der Waals surface area contributed by atoms with Crippen molar-refractivity contribution in [3.8, 4) is 11.5 Å². The average molecular weight is 307 g/mol. The molecule has 0 fully saturated rings. The minimum absolute atomic E-state index is 0.151. The topological polar surface area (TPSA) is 56.8 Å². The fraction of sp³-hybridized carbons (Fsp3) is 0.471. The number of carbonyl (C=O) groups is 1. The predicted octanol–water partition coefficient (Wildman–Crippen LogP) is 3.55. The van der Waals surface area contributed by atoms with Gasteiger partial charge in [0.1, 0.15) is 24.2 Å². The lowest BCUT2D eigenvalue weighted by Crippen LogP contribution is -2.33. The smallest absolute Gasteiger partial charge is 0.407 e. The van der Waals surface area contributed by atoms with Crippen LogP contribution in [0.5, 0.6) is 11.5 Å². The van der Waals surface area contributed by atoms with Crippen molar-refractivity contribution in [2.45, 2.75) is 33.8 Å². The molecule has 1 rings (SSSR count). The molecule has 0 saturated heterocycles.